The molecule has 3 aliphatic rings. The van der Waals surface area contributed by atoms with Gasteiger partial charge in [0.1, 0.15) is 0 Å². The van der Waals surface area contributed by atoms with E-state index in [1.54, 1.807) is 0 Å². The van der Waals surface area contributed by atoms with E-state index >= 15 is 0 Å². The summed E-state index contributed by atoms with van der Waals surface area (Å²) in [6.07, 6.45) is 0.894. The zero-order valence-corrected chi connectivity index (χ0v) is 31.4. The Labute approximate surface area is 333 Å². The highest BCUT2D eigenvalue weighted by Gasteiger charge is 2.50. The van der Waals surface area contributed by atoms with Crippen molar-refractivity contribution in [2.45, 2.75) is 11.8 Å². The number of rotatable bonds is 4. The van der Waals surface area contributed by atoms with Crippen molar-refractivity contribution in [1.29, 1.82) is 0 Å². The maximum atomic E-state index is 2.55. The standard InChI is InChI=1S/C56H37N/c1-2-17-37(18-3-1)41-21-11-15-31-54(41)57(55-32-16-27-42-40-20-5-4-19-38(40)35-49(42)55)39-33-34-48-47-26-10-14-30-52(47)56(53(48)36-39)50-28-12-8-24-45(50)43-22-6-7-23-44(43)46-25-9-13-29-51(46)56/h1-34,36H,35H2. The van der Waals surface area contributed by atoms with Crippen molar-refractivity contribution >= 4 is 17.1 Å². The summed E-state index contributed by atoms with van der Waals surface area (Å²) in [5.74, 6) is 0. The van der Waals surface area contributed by atoms with E-state index in [1.165, 1.54) is 94.7 Å². The van der Waals surface area contributed by atoms with Crippen LogP contribution in [-0.2, 0) is 11.8 Å². The number of anilines is 3. The Kier molecular flexibility index (Phi) is 6.97. The lowest BCUT2D eigenvalue weighted by Gasteiger charge is -2.36. The second kappa shape index (κ2) is 12.4. The fourth-order valence-electron chi connectivity index (χ4n) is 10.5. The van der Waals surface area contributed by atoms with E-state index in [2.05, 4.69) is 217 Å². The van der Waals surface area contributed by atoms with Crippen LogP contribution in [0.2, 0.25) is 0 Å². The minimum atomic E-state index is -0.562. The summed E-state index contributed by atoms with van der Waals surface area (Å²) in [5, 5.41) is 0. The third-order valence-electron chi connectivity index (χ3n) is 12.8. The van der Waals surface area contributed by atoms with Crippen molar-refractivity contribution in [2.24, 2.45) is 0 Å². The van der Waals surface area contributed by atoms with Crippen LogP contribution >= 0.6 is 0 Å². The summed E-state index contributed by atoms with van der Waals surface area (Å²) >= 11 is 0. The molecule has 9 aromatic rings. The molecule has 0 radical (unpaired) electrons. The van der Waals surface area contributed by atoms with Crippen molar-refractivity contribution in [1.82, 2.24) is 0 Å². The van der Waals surface area contributed by atoms with E-state index in [9.17, 15) is 0 Å². The van der Waals surface area contributed by atoms with Crippen LogP contribution in [0.15, 0.2) is 212 Å². The predicted molar refractivity (Wildman–Crippen MR) is 237 cm³/mol. The Balaban J connectivity index is 1.18. The Hall–Kier alpha value is -7.22. The highest BCUT2D eigenvalue weighted by molar-refractivity contribution is 5.99. The molecule has 0 amide bonds. The van der Waals surface area contributed by atoms with Crippen molar-refractivity contribution in [3.05, 3.63) is 246 Å². The van der Waals surface area contributed by atoms with Gasteiger partial charge < -0.3 is 4.90 Å². The van der Waals surface area contributed by atoms with Crippen molar-refractivity contribution in [3.63, 3.8) is 0 Å². The van der Waals surface area contributed by atoms with Gasteiger partial charge in [-0.1, -0.05) is 188 Å². The molecule has 1 spiro atoms. The minimum Gasteiger partial charge on any atom is -0.310 e. The molecule has 0 unspecified atom stereocenters. The summed E-state index contributed by atoms with van der Waals surface area (Å²) in [5.41, 5.74) is 23.7. The Morgan fingerprint density at radius 2 is 0.789 bits per heavy atom. The highest BCUT2D eigenvalue weighted by atomic mass is 15.1. The van der Waals surface area contributed by atoms with Crippen LogP contribution in [0.1, 0.15) is 33.4 Å². The third kappa shape index (κ3) is 4.51. The van der Waals surface area contributed by atoms with Crippen molar-refractivity contribution in [2.75, 3.05) is 4.90 Å². The average molecular weight is 724 g/mol. The Bertz CT molecular complexity index is 2990. The molecule has 266 valence electrons. The molecule has 1 heteroatoms. The van der Waals surface area contributed by atoms with Gasteiger partial charge in [-0.3, -0.25) is 0 Å². The van der Waals surface area contributed by atoms with Crippen LogP contribution in [0.25, 0.3) is 55.6 Å². The molecule has 0 N–H and O–H groups in total. The molecule has 1 nitrogen and oxygen atoms in total. The summed E-state index contributed by atoms with van der Waals surface area (Å²) in [4.78, 5) is 2.55. The predicted octanol–water partition coefficient (Wildman–Crippen LogP) is 14.4. The molecule has 57 heavy (non-hydrogen) atoms. The van der Waals surface area contributed by atoms with E-state index in [-0.39, 0.29) is 0 Å². The molecule has 9 aromatic carbocycles. The summed E-state index contributed by atoms with van der Waals surface area (Å²) in [6, 6.07) is 79.3. The van der Waals surface area contributed by atoms with Gasteiger partial charge in [-0.05, 0) is 108 Å². The second-order valence-corrected chi connectivity index (χ2v) is 15.5. The number of nitrogens with zero attached hydrogens (tertiary/aromatic N) is 1. The first-order chi connectivity index (χ1) is 28.3. The summed E-state index contributed by atoms with van der Waals surface area (Å²) in [7, 11) is 0. The maximum absolute atomic E-state index is 2.55. The molecule has 0 heterocycles. The highest BCUT2D eigenvalue weighted by Crippen LogP contribution is 2.62. The van der Waals surface area contributed by atoms with E-state index in [1.807, 2.05) is 0 Å². The molecule has 0 saturated carbocycles. The first kappa shape index (κ1) is 32.1. The minimum absolute atomic E-state index is 0.562. The van der Waals surface area contributed by atoms with Gasteiger partial charge >= 0.3 is 0 Å². The normalized spacial score (nSPS) is 13.3. The molecule has 0 saturated heterocycles. The molecular formula is C56H37N. The van der Waals surface area contributed by atoms with Gasteiger partial charge in [-0.2, -0.15) is 0 Å². The van der Waals surface area contributed by atoms with Crippen LogP contribution < -0.4 is 4.90 Å². The van der Waals surface area contributed by atoms with Crippen LogP contribution in [0, 0.1) is 0 Å². The largest absolute Gasteiger partial charge is 0.310 e. The van der Waals surface area contributed by atoms with Gasteiger partial charge in [0.15, 0.2) is 0 Å². The van der Waals surface area contributed by atoms with Gasteiger partial charge in [0.25, 0.3) is 0 Å². The Morgan fingerprint density at radius 1 is 0.316 bits per heavy atom. The number of hydrogen-bond acceptors (Lipinski definition) is 1. The Morgan fingerprint density at radius 3 is 1.46 bits per heavy atom. The number of benzene rings is 9. The lowest BCUT2D eigenvalue weighted by Crippen LogP contribution is -2.29. The zero-order valence-electron chi connectivity index (χ0n) is 31.4. The molecule has 0 aromatic heterocycles. The van der Waals surface area contributed by atoms with Crippen molar-refractivity contribution < 1.29 is 0 Å². The quantitative estimate of drug-likeness (QED) is 0.175. The fourth-order valence-corrected chi connectivity index (χ4v) is 10.5. The van der Waals surface area contributed by atoms with E-state index < -0.39 is 5.41 Å². The average Bonchev–Trinajstić information content (AvgIpc) is 3.78. The molecular weight excluding hydrogens is 687 g/mol. The summed E-state index contributed by atoms with van der Waals surface area (Å²) in [6.45, 7) is 0. The van der Waals surface area contributed by atoms with Gasteiger partial charge in [-0.25, -0.2) is 0 Å². The second-order valence-electron chi connectivity index (χ2n) is 15.5. The molecule has 0 atom stereocenters. The van der Waals surface area contributed by atoms with E-state index in [0.717, 1.165) is 17.8 Å². The van der Waals surface area contributed by atoms with Gasteiger partial charge in [0.2, 0.25) is 0 Å². The first-order valence-corrected chi connectivity index (χ1v) is 20.0. The maximum Gasteiger partial charge on any atom is 0.0726 e. The van der Waals surface area contributed by atoms with E-state index in [0.29, 0.717) is 0 Å². The third-order valence-corrected chi connectivity index (χ3v) is 12.8. The SMILES string of the molecule is c1ccc(-c2ccccc2N(c2ccc3c(c2)C2(c4ccccc4-c4ccccc4-c4ccccc42)c2ccccc2-3)c2cccc3c2Cc2ccccc2-3)cc1. The molecule has 0 aliphatic heterocycles. The van der Waals surface area contributed by atoms with Crippen molar-refractivity contribution in [3.8, 4) is 55.6 Å². The van der Waals surface area contributed by atoms with Crippen LogP contribution in [0.4, 0.5) is 17.1 Å². The topological polar surface area (TPSA) is 3.24 Å². The molecule has 12 rings (SSSR count). The zero-order chi connectivity index (χ0) is 37.5. The van der Waals surface area contributed by atoms with Crippen LogP contribution in [0.5, 0.6) is 0 Å². The van der Waals surface area contributed by atoms with Crippen LogP contribution in [0.3, 0.4) is 0 Å². The molecule has 3 aliphatic carbocycles. The lowest BCUT2D eigenvalue weighted by molar-refractivity contribution is 0.775. The monoisotopic (exact) mass is 723 g/mol. The smallest absolute Gasteiger partial charge is 0.0726 e. The van der Waals surface area contributed by atoms with Crippen LogP contribution in [-0.4, -0.2) is 0 Å². The fraction of sp³-hybridized carbons (Fsp3) is 0.0357. The molecule has 0 bridgehead atoms. The van der Waals surface area contributed by atoms with Gasteiger partial charge in [0, 0.05) is 17.7 Å². The number of hydrogen-bond donors (Lipinski definition) is 0. The van der Waals surface area contributed by atoms with Gasteiger partial charge in [-0.15, -0.1) is 0 Å². The lowest BCUT2D eigenvalue weighted by atomic mass is 9.66. The summed E-state index contributed by atoms with van der Waals surface area (Å²) < 4.78 is 0. The molecule has 0 fully saturated rings. The first-order valence-electron chi connectivity index (χ1n) is 20.0. The number of fused-ring (bicyclic) bond motifs is 15. The van der Waals surface area contributed by atoms with Gasteiger partial charge in [0.05, 0.1) is 16.8 Å². The van der Waals surface area contributed by atoms with E-state index in [4.69, 9.17) is 0 Å². The number of para-hydroxylation sites is 1.